The van der Waals surface area contributed by atoms with Crippen molar-refractivity contribution in [3.8, 4) is 0 Å². The number of nitrogens with one attached hydrogen (secondary N) is 1. The van der Waals surface area contributed by atoms with Gasteiger partial charge in [0.25, 0.3) is 8.32 Å². The molecule has 1 saturated heterocycles. The van der Waals surface area contributed by atoms with E-state index in [0.717, 1.165) is 42.0 Å². The fourth-order valence-corrected chi connectivity index (χ4v) is 8.97. The Morgan fingerprint density at radius 2 is 1.53 bits per heavy atom. The van der Waals surface area contributed by atoms with Crippen LogP contribution in [0.3, 0.4) is 0 Å². The number of hydrogen-bond donors (Lipinski definition) is 2. The third kappa shape index (κ3) is 5.66. The van der Waals surface area contributed by atoms with Gasteiger partial charge in [-0.2, -0.15) is 0 Å². The highest BCUT2D eigenvalue weighted by Crippen LogP contribution is 2.42. The topological polar surface area (TPSA) is 61.8 Å². The van der Waals surface area contributed by atoms with Crippen LogP contribution >= 0.6 is 0 Å². The van der Waals surface area contributed by atoms with E-state index in [4.69, 9.17) is 0 Å². The number of carbonyl (C=O) groups excluding carboxylic acids is 1. The van der Waals surface area contributed by atoms with Crippen LogP contribution in [0.1, 0.15) is 33.1 Å². The molecule has 0 amide bonds. The zero-order chi connectivity index (χ0) is 25.6. The maximum atomic E-state index is 12.3. The van der Waals surface area contributed by atoms with Crippen LogP contribution in [-0.2, 0) is 9.53 Å². The van der Waals surface area contributed by atoms with Crippen LogP contribution in [0.2, 0.25) is 5.04 Å². The lowest BCUT2D eigenvalue weighted by molar-refractivity contribution is -0.140. The number of methoxy groups -OCH3 is 1. The first-order valence-corrected chi connectivity index (χ1v) is 14.8. The average molecular weight is 503 g/mol. The quantitative estimate of drug-likeness (QED) is 0.300. The van der Waals surface area contributed by atoms with Gasteiger partial charge in [-0.25, -0.2) is 0 Å². The Kier molecular flexibility index (Phi) is 8.16. The van der Waals surface area contributed by atoms with Gasteiger partial charge in [0.15, 0.2) is 0 Å². The molecule has 2 N–H and O–H groups in total. The summed E-state index contributed by atoms with van der Waals surface area (Å²) in [5.74, 6) is 0.425. The number of anilines is 2. The van der Waals surface area contributed by atoms with E-state index >= 15 is 0 Å². The second kappa shape index (κ2) is 11.3. The van der Waals surface area contributed by atoms with E-state index in [-0.39, 0.29) is 11.0 Å². The number of benzene rings is 3. The summed E-state index contributed by atoms with van der Waals surface area (Å²) in [5, 5.41) is 5.22. The molecule has 3 aromatic carbocycles. The molecular formula is C30H38N2O3Si. The Hall–Kier alpha value is -3.09. The molecule has 0 radical (unpaired) electrons. The highest BCUT2D eigenvalue weighted by molar-refractivity contribution is 6.98. The Labute approximate surface area is 216 Å². The molecule has 0 atom stereocenters. The molecule has 0 spiro atoms. The van der Waals surface area contributed by atoms with Gasteiger partial charge in [0.05, 0.1) is 13.5 Å². The minimum Gasteiger partial charge on any atom is -0.469 e. The molecule has 1 fully saturated rings. The van der Waals surface area contributed by atoms with E-state index in [2.05, 4.69) is 77.3 Å². The van der Waals surface area contributed by atoms with Crippen molar-refractivity contribution in [2.45, 2.75) is 38.1 Å². The highest BCUT2D eigenvalue weighted by Gasteiger charge is 2.50. The number of ether oxygens (including phenoxy) is 1. The minimum absolute atomic E-state index is 0.201. The fourth-order valence-electron chi connectivity index (χ4n) is 5.22. The molecule has 4 rings (SSSR count). The largest absolute Gasteiger partial charge is 0.469 e. The lowest BCUT2D eigenvalue weighted by atomic mass is 9.90. The molecule has 3 aromatic rings. The third-order valence-corrected chi connectivity index (χ3v) is 12.2. The molecule has 5 nitrogen and oxygen atoms in total. The summed E-state index contributed by atoms with van der Waals surface area (Å²) in [6.07, 6.45) is 2.45. The standard InChI is InChI=1S/C30H38N2O3Si/c1-30(2,36(34,27-10-6-4-7-11-27)28-12-8-5-9-13-28)20-18-24-22-32(23-24)26-16-14-25(15-17-26)31-21-19-29(33)35-3/h4-17,24,31,34H,18-23H2,1-3H3. The molecular weight excluding hydrogens is 464 g/mol. The van der Waals surface area contributed by atoms with E-state index in [0.29, 0.717) is 18.9 Å². The van der Waals surface area contributed by atoms with Crippen LogP contribution in [0.4, 0.5) is 11.4 Å². The van der Waals surface area contributed by atoms with E-state index in [1.165, 1.54) is 12.8 Å². The van der Waals surface area contributed by atoms with E-state index in [1.807, 2.05) is 36.4 Å². The van der Waals surface area contributed by atoms with Crippen molar-refractivity contribution in [3.05, 3.63) is 84.9 Å². The number of nitrogens with zero attached hydrogens (tertiary/aromatic N) is 1. The molecule has 0 bridgehead atoms. The fraction of sp³-hybridized carbons (Fsp3) is 0.367. The SMILES string of the molecule is COC(=O)CCNc1ccc(N2CC(CCC(C)(C)[Si](O)(c3ccccc3)c3ccccc3)C2)cc1. The summed E-state index contributed by atoms with van der Waals surface area (Å²) in [4.78, 5) is 26.0. The van der Waals surface area contributed by atoms with Crippen molar-refractivity contribution in [3.63, 3.8) is 0 Å². The molecule has 0 unspecified atom stereocenters. The lowest BCUT2D eigenvalue weighted by Gasteiger charge is -2.45. The first-order valence-electron chi connectivity index (χ1n) is 12.8. The van der Waals surface area contributed by atoms with Crippen LogP contribution in [-0.4, -0.2) is 45.8 Å². The maximum absolute atomic E-state index is 12.3. The smallest absolute Gasteiger partial charge is 0.307 e. The summed E-state index contributed by atoms with van der Waals surface area (Å²) >= 11 is 0. The van der Waals surface area contributed by atoms with Crippen molar-refractivity contribution < 1.29 is 14.3 Å². The van der Waals surface area contributed by atoms with Gasteiger partial charge in [-0.05, 0) is 58.4 Å². The Morgan fingerprint density at radius 1 is 0.972 bits per heavy atom. The monoisotopic (exact) mass is 502 g/mol. The summed E-state index contributed by atoms with van der Waals surface area (Å²) in [6.45, 7) is 7.15. The predicted octanol–water partition coefficient (Wildman–Crippen LogP) is 4.41. The van der Waals surface area contributed by atoms with Gasteiger partial charge in [-0.1, -0.05) is 74.5 Å². The highest BCUT2D eigenvalue weighted by atomic mass is 28.4. The van der Waals surface area contributed by atoms with Gasteiger partial charge in [0.1, 0.15) is 0 Å². The molecule has 6 heteroatoms. The summed E-state index contributed by atoms with van der Waals surface area (Å²) in [7, 11) is -1.53. The molecule has 36 heavy (non-hydrogen) atoms. The van der Waals surface area contributed by atoms with Gasteiger partial charge >= 0.3 is 5.97 Å². The van der Waals surface area contributed by atoms with Crippen LogP contribution in [0.15, 0.2) is 84.9 Å². The number of rotatable bonds is 11. The second-order valence-corrected chi connectivity index (χ2v) is 14.4. The van der Waals surface area contributed by atoms with Crippen molar-refractivity contribution in [2.75, 3.05) is 37.0 Å². The minimum atomic E-state index is -2.94. The molecule has 0 aliphatic carbocycles. The average Bonchev–Trinajstić information content (AvgIpc) is 2.88. The molecule has 1 heterocycles. The van der Waals surface area contributed by atoms with Gasteiger partial charge in [0, 0.05) is 31.0 Å². The first-order chi connectivity index (χ1) is 17.3. The third-order valence-electron chi connectivity index (χ3n) is 7.62. The summed E-state index contributed by atoms with van der Waals surface area (Å²) < 4.78 is 4.68. The van der Waals surface area contributed by atoms with Crippen LogP contribution in [0, 0.1) is 5.92 Å². The summed E-state index contributed by atoms with van der Waals surface area (Å²) in [5.41, 5.74) is 2.23. The number of carbonyl (C=O) groups is 1. The number of esters is 1. The zero-order valence-corrected chi connectivity index (χ0v) is 22.6. The first kappa shape index (κ1) is 26.0. The van der Waals surface area contributed by atoms with E-state index in [1.54, 1.807) is 0 Å². The van der Waals surface area contributed by atoms with Crippen molar-refractivity contribution in [2.24, 2.45) is 5.92 Å². The molecule has 0 aromatic heterocycles. The van der Waals surface area contributed by atoms with Gasteiger partial charge in [-0.15, -0.1) is 0 Å². The Bertz CT molecular complexity index is 1070. The Balaban J connectivity index is 1.34. The molecule has 1 aliphatic rings. The van der Waals surface area contributed by atoms with Gasteiger partial charge < -0.3 is 19.7 Å². The Morgan fingerprint density at radius 3 is 2.06 bits per heavy atom. The summed E-state index contributed by atoms with van der Waals surface area (Å²) in [6, 6.07) is 29.0. The zero-order valence-electron chi connectivity index (χ0n) is 21.6. The predicted molar refractivity (Wildman–Crippen MR) is 151 cm³/mol. The van der Waals surface area contributed by atoms with E-state index in [9.17, 15) is 9.59 Å². The molecule has 1 aliphatic heterocycles. The molecule has 0 saturated carbocycles. The van der Waals surface area contributed by atoms with Gasteiger partial charge in [0.2, 0.25) is 0 Å². The second-order valence-electron chi connectivity index (χ2n) is 10.4. The van der Waals surface area contributed by atoms with Gasteiger partial charge in [-0.3, -0.25) is 4.79 Å². The van der Waals surface area contributed by atoms with Crippen LogP contribution in [0.5, 0.6) is 0 Å². The van der Waals surface area contributed by atoms with Crippen molar-refractivity contribution in [1.29, 1.82) is 0 Å². The molecule has 190 valence electrons. The van der Waals surface area contributed by atoms with Crippen molar-refractivity contribution >= 4 is 36.0 Å². The number of hydrogen-bond acceptors (Lipinski definition) is 5. The van der Waals surface area contributed by atoms with Crippen LogP contribution < -0.4 is 20.6 Å². The lowest BCUT2D eigenvalue weighted by Crippen LogP contribution is -2.65. The maximum Gasteiger partial charge on any atom is 0.307 e. The normalized spacial score (nSPS) is 14.3. The van der Waals surface area contributed by atoms with Crippen molar-refractivity contribution in [1.82, 2.24) is 0 Å². The van der Waals surface area contributed by atoms with Crippen LogP contribution in [0.25, 0.3) is 0 Å². The van der Waals surface area contributed by atoms with E-state index < -0.39 is 8.32 Å².